The number of para-hydroxylation sites is 1. The number of hydrogen-bond donors (Lipinski definition) is 1. The Morgan fingerprint density at radius 1 is 1.23 bits per heavy atom. The molecule has 1 unspecified atom stereocenters. The number of hydrogen-bond acceptors (Lipinski definition) is 8. The van der Waals surface area contributed by atoms with Gasteiger partial charge in [0.25, 0.3) is 0 Å². The molecule has 4 heterocycles. The van der Waals surface area contributed by atoms with Crippen LogP contribution in [-0.2, 0) is 4.79 Å². The molecule has 1 saturated heterocycles. The number of carbonyl (C=O) groups is 1. The van der Waals surface area contributed by atoms with Crippen molar-refractivity contribution in [3.8, 4) is 17.0 Å². The molecule has 1 amide bonds. The summed E-state index contributed by atoms with van der Waals surface area (Å²) < 4.78 is 5.42. The number of benzene rings is 1. The number of rotatable bonds is 5. The van der Waals surface area contributed by atoms with Crippen molar-refractivity contribution in [3.05, 3.63) is 47.4 Å². The van der Waals surface area contributed by atoms with Gasteiger partial charge in [-0.3, -0.25) is 4.79 Å². The van der Waals surface area contributed by atoms with Gasteiger partial charge in [-0.1, -0.05) is 12.1 Å². The third kappa shape index (κ3) is 3.40. The summed E-state index contributed by atoms with van der Waals surface area (Å²) in [5, 5.41) is 8.51. The standard InChI is InChI=1S/C21H19N5O2S2/c1-28-17-7-3-2-5-13(17)15-11-30-21(24-15)25-19(27)16-6-4-9-26(16)18-14-8-10-29-20(14)23-12-22-18/h2-3,5,7-8,10-12,16H,4,6,9H2,1H3,(H,24,25,27). The lowest BCUT2D eigenvalue weighted by Crippen LogP contribution is -2.40. The first-order valence-corrected chi connectivity index (χ1v) is 11.3. The first-order chi connectivity index (χ1) is 14.7. The number of thiazole rings is 1. The summed E-state index contributed by atoms with van der Waals surface area (Å²) in [5.41, 5.74) is 1.69. The van der Waals surface area contributed by atoms with E-state index in [2.05, 4.69) is 25.2 Å². The minimum Gasteiger partial charge on any atom is -0.496 e. The van der Waals surface area contributed by atoms with Gasteiger partial charge < -0.3 is 15.0 Å². The molecule has 0 aliphatic carbocycles. The summed E-state index contributed by atoms with van der Waals surface area (Å²) in [6.45, 7) is 0.796. The van der Waals surface area contributed by atoms with E-state index in [4.69, 9.17) is 4.74 Å². The lowest BCUT2D eigenvalue weighted by Gasteiger charge is -2.24. The van der Waals surface area contributed by atoms with Gasteiger partial charge in [-0.2, -0.15) is 0 Å². The molecule has 1 aromatic carbocycles. The zero-order valence-corrected chi connectivity index (χ0v) is 17.9. The smallest absolute Gasteiger partial charge is 0.248 e. The summed E-state index contributed by atoms with van der Waals surface area (Å²) in [6, 6.07) is 9.46. The van der Waals surface area contributed by atoms with Gasteiger partial charge in [0, 0.05) is 17.5 Å². The number of ether oxygens (including phenoxy) is 1. The summed E-state index contributed by atoms with van der Waals surface area (Å²) in [6.07, 6.45) is 3.30. The third-order valence-corrected chi connectivity index (χ3v) is 6.76. The molecule has 1 aliphatic rings. The maximum absolute atomic E-state index is 13.1. The quantitative estimate of drug-likeness (QED) is 0.497. The van der Waals surface area contributed by atoms with Crippen LogP contribution in [0.15, 0.2) is 47.4 Å². The number of methoxy groups -OCH3 is 1. The Morgan fingerprint density at radius 3 is 3.03 bits per heavy atom. The van der Waals surface area contributed by atoms with Gasteiger partial charge >= 0.3 is 0 Å². The minimum absolute atomic E-state index is 0.0598. The normalized spacial score (nSPS) is 16.2. The van der Waals surface area contributed by atoms with Gasteiger partial charge in [-0.05, 0) is 36.4 Å². The predicted octanol–water partition coefficient (Wildman–Crippen LogP) is 4.43. The van der Waals surface area contributed by atoms with Crippen LogP contribution in [0.4, 0.5) is 10.9 Å². The largest absolute Gasteiger partial charge is 0.496 e. The van der Waals surface area contributed by atoms with Crippen LogP contribution < -0.4 is 15.0 Å². The topological polar surface area (TPSA) is 80.2 Å². The van der Waals surface area contributed by atoms with Crippen molar-refractivity contribution in [2.45, 2.75) is 18.9 Å². The lowest BCUT2D eigenvalue weighted by atomic mass is 10.1. The van der Waals surface area contributed by atoms with Crippen LogP contribution in [0.1, 0.15) is 12.8 Å². The van der Waals surface area contributed by atoms with Gasteiger partial charge in [0.05, 0.1) is 18.2 Å². The van der Waals surface area contributed by atoms with Crippen LogP contribution >= 0.6 is 22.7 Å². The van der Waals surface area contributed by atoms with Crippen molar-refractivity contribution in [1.29, 1.82) is 0 Å². The minimum atomic E-state index is -0.276. The number of nitrogens with one attached hydrogen (secondary N) is 1. The van der Waals surface area contributed by atoms with Crippen LogP contribution in [0, 0.1) is 0 Å². The van der Waals surface area contributed by atoms with Crippen molar-refractivity contribution in [2.24, 2.45) is 0 Å². The van der Waals surface area contributed by atoms with Crippen LogP contribution in [0.3, 0.4) is 0 Å². The highest BCUT2D eigenvalue weighted by Gasteiger charge is 2.33. The molecule has 4 aromatic rings. The average molecular weight is 438 g/mol. The van der Waals surface area contributed by atoms with Crippen molar-refractivity contribution in [3.63, 3.8) is 0 Å². The molecule has 9 heteroatoms. The van der Waals surface area contributed by atoms with Gasteiger partial charge in [-0.25, -0.2) is 15.0 Å². The predicted molar refractivity (Wildman–Crippen MR) is 121 cm³/mol. The monoisotopic (exact) mass is 437 g/mol. The zero-order chi connectivity index (χ0) is 20.5. The highest BCUT2D eigenvalue weighted by atomic mass is 32.1. The van der Waals surface area contributed by atoms with E-state index in [9.17, 15) is 4.79 Å². The Morgan fingerprint density at radius 2 is 2.13 bits per heavy atom. The van der Waals surface area contributed by atoms with Crippen molar-refractivity contribution < 1.29 is 9.53 Å². The molecule has 1 aliphatic heterocycles. The second-order valence-electron chi connectivity index (χ2n) is 6.92. The fourth-order valence-corrected chi connectivity index (χ4v) is 5.24. The molecular formula is C21H19N5O2S2. The van der Waals surface area contributed by atoms with Crippen LogP contribution in [0.25, 0.3) is 21.5 Å². The number of carbonyl (C=O) groups excluding carboxylic acids is 1. The Balaban J connectivity index is 1.37. The molecule has 0 radical (unpaired) electrons. The summed E-state index contributed by atoms with van der Waals surface area (Å²) in [5.74, 6) is 1.52. The number of thiophene rings is 1. The maximum atomic E-state index is 13.1. The maximum Gasteiger partial charge on any atom is 0.248 e. The van der Waals surface area contributed by atoms with Gasteiger partial charge in [0.15, 0.2) is 5.13 Å². The van der Waals surface area contributed by atoms with Crippen molar-refractivity contribution in [2.75, 3.05) is 23.9 Å². The van der Waals surface area contributed by atoms with E-state index in [1.54, 1.807) is 24.8 Å². The number of fused-ring (bicyclic) bond motifs is 1. The molecule has 0 bridgehead atoms. The van der Waals surface area contributed by atoms with E-state index in [-0.39, 0.29) is 11.9 Å². The highest BCUT2D eigenvalue weighted by molar-refractivity contribution is 7.16. The Kier molecular flexibility index (Phi) is 5.06. The number of aromatic nitrogens is 3. The fourth-order valence-electron chi connectivity index (χ4n) is 3.80. The van der Waals surface area contributed by atoms with E-state index in [1.165, 1.54) is 11.3 Å². The summed E-state index contributed by atoms with van der Waals surface area (Å²) in [4.78, 5) is 29.5. The van der Waals surface area contributed by atoms with Crippen LogP contribution in [-0.4, -0.2) is 40.6 Å². The van der Waals surface area contributed by atoms with E-state index < -0.39 is 0 Å². The van der Waals surface area contributed by atoms with Gasteiger partial charge in [-0.15, -0.1) is 22.7 Å². The first kappa shape index (κ1) is 19.0. The van der Waals surface area contributed by atoms with Crippen molar-refractivity contribution >= 4 is 49.7 Å². The Labute approximate surface area is 181 Å². The van der Waals surface area contributed by atoms with E-state index in [1.807, 2.05) is 41.1 Å². The SMILES string of the molecule is COc1ccccc1-c1csc(NC(=O)C2CCCN2c2ncnc3sccc23)n1. The number of amides is 1. The van der Waals surface area contributed by atoms with Crippen molar-refractivity contribution in [1.82, 2.24) is 15.0 Å². The van der Waals surface area contributed by atoms with E-state index in [0.29, 0.717) is 5.13 Å². The molecule has 1 fully saturated rings. The van der Waals surface area contributed by atoms with Crippen LogP contribution in [0.2, 0.25) is 0 Å². The second-order valence-corrected chi connectivity index (χ2v) is 8.67. The van der Waals surface area contributed by atoms with Gasteiger partial charge in [0.1, 0.15) is 28.8 Å². The molecule has 1 atom stereocenters. The molecule has 152 valence electrons. The molecule has 0 saturated carbocycles. The molecule has 3 aromatic heterocycles. The Hall–Kier alpha value is -3.04. The summed E-state index contributed by atoms with van der Waals surface area (Å²) in [7, 11) is 1.64. The fraction of sp³-hybridized carbons (Fsp3) is 0.238. The molecule has 1 N–H and O–H groups in total. The molecular weight excluding hydrogens is 418 g/mol. The second kappa shape index (κ2) is 8.00. The highest BCUT2D eigenvalue weighted by Crippen LogP contribution is 2.34. The number of anilines is 2. The molecule has 30 heavy (non-hydrogen) atoms. The Bertz CT molecular complexity index is 1200. The number of nitrogens with zero attached hydrogens (tertiary/aromatic N) is 4. The van der Waals surface area contributed by atoms with E-state index in [0.717, 1.165) is 52.4 Å². The third-order valence-electron chi connectivity index (χ3n) is 5.19. The average Bonchev–Trinajstić information content (AvgIpc) is 3.53. The van der Waals surface area contributed by atoms with E-state index >= 15 is 0 Å². The molecule has 5 rings (SSSR count). The van der Waals surface area contributed by atoms with Crippen LogP contribution in [0.5, 0.6) is 5.75 Å². The van der Waals surface area contributed by atoms with Gasteiger partial charge in [0.2, 0.25) is 5.91 Å². The first-order valence-electron chi connectivity index (χ1n) is 9.59. The summed E-state index contributed by atoms with van der Waals surface area (Å²) >= 11 is 2.99. The molecule has 7 nitrogen and oxygen atoms in total. The zero-order valence-electron chi connectivity index (χ0n) is 16.2. The lowest BCUT2D eigenvalue weighted by molar-refractivity contribution is -0.117. The molecule has 0 spiro atoms.